The van der Waals surface area contributed by atoms with E-state index in [4.69, 9.17) is 4.74 Å². The molecule has 3 heterocycles. The first kappa shape index (κ1) is 25.2. The van der Waals surface area contributed by atoms with Crippen LogP contribution in [-0.4, -0.2) is 89.7 Å². The lowest BCUT2D eigenvalue weighted by Gasteiger charge is -2.43. The number of ether oxygens (including phenoxy) is 1. The van der Waals surface area contributed by atoms with Gasteiger partial charge in [-0.1, -0.05) is 49.2 Å². The monoisotopic (exact) mass is 484 g/mol. The Kier molecular flexibility index (Phi) is 8.41. The standard InChI is InChI=1S/C26H36N4O5/c1-28-18-21(35-26(33)30-13-7-2-3-8-14-30)17-22(24(31)27-34)23(28)25(32)29-15-11-20(12-16-29)19-9-5-4-6-10-19/h4-6,9-11,21-23,34H,2-3,7-8,12-18H2,1H3,(H,27,31)/t21-,22-,23-/m0/s1. The summed E-state index contributed by atoms with van der Waals surface area (Å²) < 4.78 is 5.77. The molecule has 9 heteroatoms. The van der Waals surface area contributed by atoms with Gasteiger partial charge in [-0.2, -0.15) is 0 Å². The van der Waals surface area contributed by atoms with E-state index < -0.39 is 24.0 Å². The molecule has 0 unspecified atom stereocenters. The first-order chi connectivity index (χ1) is 17.0. The van der Waals surface area contributed by atoms with Crippen LogP contribution in [0.15, 0.2) is 36.4 Å². The molecular weight excluding hydrogens is 448 g/mol. The summed E-state index contributed by atoms with van der Waals surface area (Å²) in [5.41, 5.74) is 4.08. The Morgan fingerprint density at radius 2 is 1.71 bits per heavy atom. The molecule has 3 atom stereocenters. The molecule has 4 rings (SSSR count). The van der Waals surface area contributed by atoms with Crippen LogP contribution < -0.4 is 5.48 Å². The van der Waals surface area contributed by atoms with Gasteiger partial charge in [-0.05, 0) is 43.9 Å². The number of likely N-dealkylation sites (N-methyl/N-ethyl adjacent to an activating group) is 1. The third kappa shape index (κ3) is 6.02. The summed E-state index contributed by atoms with van der Waals surface area (Å²) in [6.07, 6.45) is 6.22. The highest BCUT2D eigenvalue weighted by Crippen LogP contribution is 2.29. The Labute approximate surface area is 206 Å². The largest absolute Gasteiger partial charge is 0.445 e. The van der Waals surface area contributed by atoms with E-state index in [2.05, 4.69) is 18.2 Å². The van der Waals surface area contributed by atoms with Crippen molar-refractivity contribution in [2.45, 2.75) is 50.7 Å². The second-order valence-corrected chi connectivity index (χ2v) is 9.74. The lowest BCUT2D eigenvalue weighted by Crippen LogP contribution is -2.60. The zero-order valence-electron chi connectivity index (χ0n) is 20.4. The van der Waals surface area contributed by atoms with Crippen LogP contribution in [0.1, 0.15) is 44.1 Å². The minimum absolute atomic E-state index is 0.151. The third-order valence-corrected chi connectivity index (χ3v) is 7.36. The van der Waals surface area contributed by atoms with Gasteiger partial charge in [-0.25, -0.2) is 10.3 Å². The molecule has 2 saturated heterocycles. The molecule has 1 aromatic rings. The van der Waals surface area contributed by atoms with E-state index in [1.165, 1.54) is 5.57 Å². The molecule has 3 amide bonds. The van der Waals surface area contributed by atoms with Gasteiger partial charge in [-0.3, -0.25) is 19.7 Å². The summed E-state index contributed by atoms with van der Waals surface area (Å²) in [7, 11) is 1.77. The van der Waals surface area contributed by atoms with E-state index in [1.54, 1.807) is 27.2 Å². The quantitative estimate of drug-likeness (QED) is 0.503. The number of likely N-dealkylation sites (tertiary alicyclic amines) is 2. The van der Waals surface area contributed by atoms with Crippen LogP contribution in [0.4, 0.5) is 4.79 Å². The molecule has 9 nitrogen and oxygen atoms in total. The molecule has 0 spiro atoms. The van der Waals surface area contributed by atoms with Crippen LogP contribution in [0.25, 0.3) is 5.57 Å². The second-order valence-electron chi connectivity index (χ2n) is 9.74. The number of carbonyl (C=O) groups is 3. The van der Waals surface area contributed by atoms with Crippen LogP contribution >= 0.6 is 0 Å². The number of nitrogens with zero attached hydrogens (tertiary/aromatic N) is 3. The topological polar surface area (TPSA) is 102 Å². The molecule has 1 aromatic carbocycles. The molecule has 2 N–H and O–H groups in total. The fourth-order valence-electron chi connectivity index (χ4n) is 5.45. The van der Waals surface area contributed by atoms with Gasteiger partial charge < -0.3 is 14.5 Å². The molecule has 0 aromatic heterocycles. The van der Waals surface area contributed by atoms with Gasteiger partial charge in [0.05, 0.1) is 5.92 Å². The predicted molar refractivity (Wildman–Crippen MR) is 130 cm³/mol. The molecule has 3 aliphatic rings. The van der Waals surface area contributed by atoms with Crippen LogP contribution in [0, 0.1) is 5.92 Å². The minimum Gasteiger partial charge on any atom is -0.445 e. The SMILES string of the molecule is CN1C[C@@H](OC(=O)N2CCCCCC2)C[C@H](C(=O)NO)[C@H]1C(=O)N1CC=C(c2ccccc2)CC1. The van der Waals surface area contributed by atoms with Crippen molar-refractivity contribution < 1.29 is 24.3 Å². The first-order valence-electron chi connectivity index (χ1n) is 12.6. The highest BCUT2D eigenvalue weighted by atomic mass is 16.6. The van der Waals surface area contributed by atoms with E-state index >= 15 is 0 Å². The Morgan fingerprint density at radius 3 is 2.34 bits per heavy atom. The van der Waals surface area contributed by atoms with Gasteiger partial charge in [0.15, 0.2) is 0 Å². The Hall–Kier alpha value is -2.91. The van der Waals surface area contributed by atoms with Gasteiger partial charge in [0.2, 0.25) is 11.8 Å². The lowest BCUT2D eigenvalue weighted by molar-refractivity contribution is -0.151. The fraction of sp³-hybridized carbons (Fsp3) is 0.577. The molecule has 35 heavy (non-hydrogen) atoms. The second kappa shape index (κ2) is 11.7. The number of hydrogen-bond donors (Lipinski definition) is 2. The number of hydroxylamine groups is 1. The van der Waals surface area contributed by atoms with E-state index in [9.17, 15) is 19.6 Å². The maximum atomic E-state index is 13.5. The summed E-state index contributed by atoms with van der Waals surface area (Å²) >= 11 is 0. The summed E-state index contributed by atoms with van der Waals surface area (Å²) in [5.74, 6) is -1.61. The minimum atomic E-state index is -0.826. The molecule has 2 fully saturated rings. The van der Waals surface area contributed by atoms with Gasteiger partial charge in [-0.15, -0.1) is 0 Å². The van der Waals surface area contributed by atoms with Crippen LogP contribution in [-0.2, 0) is 14.3 Å². The van der Waals surface area contributed by atoms with Crippen molar-refractivity contribution in [3.63, 3.8) is 0 Å². The summed E-state index contributed by atoms with van der Waals surface area (Å²) in [4.78, 5) is 44.1. The number of rotatable bonds is 4. The Morgan fingerprint density at radius 1 is 1.00 bits per heavy atom. The molecule has 0 saturated carbocycles. The molecule has 0 aliphatic carbocycles. The van der Waals surface area contributed by atoms with E-state index in [1.807, 2.05) is 18.2 Å². The zero-order valence-corrected chi connectivity index (χ0v) is 20.4. The van der Waals surface area contributed by atoms with E-state index in [0.717, 1.165) is 37.7 Å². The number of carbonyl (C=O) groups excluding carboxylic acids is 3. The van der Waals surface area contributed by atoms with Gasteiger partial charge in [0.1, 0.15) is 12.1 Å². The zero-order chi connectivity index (χ0) is 24.8. The Balaban J connectivity index is 1.42. The maximum Gasteiger partial charge on any atom is 0.410 e. The van der Waals surface area contributed by atoms with Crippen molar-refractivity contribution in [2.75, 3.05) is 39.8 Å². The normalized spacial score (nSPS) is 25.9. The molecule has 0 bridgehead atoms. The van der Waals surface area contributed by atoms with Crippen LogP contribution in [0.3, 0.4) is 0 Å². The van der Waals surface area contributed by atoms with Crippen LogP contribution in [0.5, 0.6) is 0 Å². The maximum absolute atomic E-state index is 13.5. The fourth-order valence-corrected chi connectivity index (χ4v) is 5.45. The third-order valence-electron chi connectivity index (χ3n) is 7.36. The van der Waals surface area contributed by atoms with Crippen molar-refractivity contribution >= 4 is 23.5 Å². The van der Waals surface area contributed by atoms with Crippen LogP contribution in [0.2, 0.25) is 0 Å². The Bertz CT molecular complexity index is 929. The van der Waals surface area contributed by atoms with Gasteiger partial charge >= 0.3 is 6.09 Å². The highest BCUT2D eigenvalue weighted by Gasteiger charge is 2.45. The number of amides is 3. The summed E-state index contributed by atoms with van der Waals surface area (Å²) in [6, 6.07) is 9.37. The molecule has 0 radical (unpaired) electrons. The summed E-state index contributed by atoms with van der Waals surface area (Å²) in [6.45, 7) is 2.73. The molecular formula is C26H36N4O5. The molecule has 190 valence electrons. The number of benzene rings is 1. The van der Waals surface area contributed by atoms with Crippen molar-refractivity contribution in [1.29, 1.82) is 0 Å². The van der Waals surface area contributed by atoms with Gasteiger partial charge in [0.25, 0.3) is 0 Å². The number of nitrogens with one attached hydrogen (secondary N) is 1. The van der Waals surface area contributed by atoms with Crippen molar-refractivity contribution in [2.24, 2.45) is 5.92 Å². The van der Waals surface area contributed by atoms with Gasteiger partial charge in [0, 0.05) is 32.7 Å². The average molecular weight is 485 g/mol. The smallest absolute Gasteiger partial charge is 0.410 e. The van der Waals surface area contributed by atoms with E-state index in [0.29, 0.717) is 32.7 Å². The van der Waals surface area contributed by atoms with E-state index in [-0.39, 0.29) is 18.4 Å². The van der Waals surface area contributed by atoms with Crippen molar-refractivity contribution in [3.05, 3.63) is 42.0 Å². The molecule has 3 aliphatic heterocycles. The predicted octanol–water partition coefficient (Wildman–Crippen LogP) is 2.51. The van der Waals surface area contributed by atoms with Crippen molar-refractivity contribution in [3.8, 4) is 0 Å². The summed E-state index contributed by atoms with van der Waals surface area (Å²) in [5, 5.41) is 9.38. The number of piperidine rings is 1. The lowest BCUT2D eigenvalue weighted by atomic mass is 9.86. The average Bonchev–Trinajstić information content (AvgIpc) is 3.18. The highest BCUT2D eigenvalue weighted by molar-refractivity contribution is 5.90. The van der Waals surface area contributed by atoms with Crippen molar-refractivity contribution in [1.82, 2.24) is 20.2 Å². The number of hydrogen-bond acceptors (Lipinski definition) is 6. The first-order valence-corrected chi connectivity index (χ1v) is 12.6.